The quantitative estimate of drug-likeness (QED) is 0.602. The lowest BCUT2D eigenvalue weighted by Gasteiger charge is -2.07. The average Bonchev–Trinajstić information content (AvgIpc) is 2.05. The summed E-state index contributed by atoms with van der Waals surface area (Å²) >= 11 is 0. The van der Waals surface area contributed by atoms with Crippen molar-refractivity contribution in [2.45, 2.75) is 26.5 Å². The smallest absolute Gasteiger partial charge is 0.176 e. The molecule has 0 unspecified atom stereocenters. The Morgan fingerprint density at radius 3 is 2.58 bits per heavy atom. The van der Waals surface area contributed by atoms with Crippen molar-refractivity contribution in [1.82, 2.24) is 0 Å². The van der Waals surface area contributed by atoms with Crippen LogP contribution in [0.3, 0.4) is 0 Å². The van der Waals surface area contributed by atoms with E-state index in [0.29, 0.717) is 6.71 Å². The SMILES string of the molecule is CCCB(C)c1ccccc1F. The molecule has 1 aromatic rings. The van der Waals surface area contributed by atoms with Crippen molar-refractivity contribution in [3.05, 3.63) is 30.1 Å². The zero-order valence-electron chi connectivity index (χ0n) is 7.68. The molecule has 0 atom stereocenters. The lowest BCUT2D eigenvalue weighted by atomic mass is 9.44. The molecule has 0 aliphatic rings. The van der Waals surface area contributed by atoms with Gasteiger partial charge in [0.05, 0.1) is 0 Å². The lowest BCUT2D eigenvalue weighted by molar-refractivity contribution is 0.635. The van der Waals surface area contributed by atoms with Gasteiger partial charge >= 0.3 is 0 Å². The third-order valence-electron chi connectivity index (χ3n) is 2.16. The third kappa shape index (κ3) is 2.10. The summed E-state index contributed by atoms with van der Waals surface area (Å²) < 4.78 is 13.2. The van der Waals surface area contributed by atoms with E-state index in [4.69, 9.17) is 0 Å². The fraction of sp³-hybridized carbons (Fsp3) is 0.400. The Morgan fingerprint density at radius 1 is 1.33 bits per heavy atom. The van der Waals surface area contributed by atoms with E-state index in [1.807, 2.05) is 12.1 Å². The molecule has 1 aromatic carbocycles. The van der Waals surface area contributed by atoms with Crippen molar-refractivity contribution < 1.29 is 4.39 Å². The maximum absolute atomic E-state index is 13.2. The minimum Gasteiger partial charge on any atom is -0.208 e. The predicted molar refractivity (Wildman–Crippen MR) is 52.8 cm³/mol. The Labute approximate surface area is 73.9 Å². The zero-order valence-corrected chi connectivity index (χ0v) is 7.68. The van der Waals surface area contributed by atoms with Gasteiger partial charge in [-0.25, -0.2) is 4.39 Å². The fourth-order valence-corrected chi connectivity index (χ4v) is 1.46. The van der Waals surface area contributed by atoms with Crippen LogP contribution in [0, 0.1) is 5.82 Å². The molecule has 64 valence electrons. The van der Waals surface area contributed by atoms with Crippen molar-refractivity contribution in [2.75, 3.05) is 0 Å². The molecule has 2 heteroatoms. The molecule has 0 aliphatic heterocycles. The summed E-state index contributed by atoms with van der Waals surface area (Å²) in [5.74, 6) is -0.0709. The van der Waals surface area contributed by atoms with Crippen molar-refractivity contribution in [3.63, 3.8) is 0 Å². The van der Waals surface area contributed by atoms with E-state index in [1.54, 1.807) is 6.07 Å². The van der Waals surface area contributed by atoms with Gasteiger partial charge in [-0.2, -0.15) is 0 Å². The Kier molecular flexibility index (Phi) is 3.33. The largest absolute Gasteiger partial charge is 0.208 e. The number of benzene rings is 1. The molecule has 0 saturated heterocycles. The molecule has 0 fully saturated rings. The summed E-state index contributed by atoms with van der Waals surface area (Å²) in [7, 11) is 0. The molecule has 0 N–H and O–H groups in total. The number of halogens is 1. The predicted octanol–water partition coefficient (Wildman–Crippen LogP) is 2.57. The molecule has 0 radical (unpaired) electrons. The van der Waals surface area contributed by atoms with Gasteiger partial charge in [-0.05, 0) is 11.5 Å². The van der Waals surface area contributed by atoms with Crippen LogP contribution in [0.2, 0.25) is 13.1 Å². The fourth-order valence-electron chi connectivity index (χ4n) is 1.46. The van der Waals surface area contributed by atoms with Crippen molar-refractivity contribution >= 4 is 12.2 Å². The standard InChI is InChI=1S/C10H14BF/c1-3-8-11(2)9-6-4-5-7-10(9)12/h4-7H,3,8H2,1-2H3. The van der Waals surface area contributed by atoms with Crippen LogP contribution in [0.4, 0.5) is 4.39 Å². The highest BCUT2D eigenvalue weighted by atomic mass is 19.1. The average molecular weight is 164 g/mol. The Balaban J connectivity index is 2.79. The third-order valence-corrected chi connectivity index (χ3v) is 2.16. The van der Waals surface area contributed by atoms with Crippen LogP contribution in [-0.4, -0.2) is 6.71 Å². The maximum atomic E-state index is 13.2. The number of hydrogen-bond donors (Lipinski definition) is 0. The number of rotatable bonds is 3. The molecule has 0 aromatic heterocycles. The molecule has 0 amide bonds. The van der Waals surface area contributed by atoms with Gasteiger partial charge < -0.3 is 0 Å². The Morgan fingerprint density at radius 2 is 2.00 bits per heavy atom. The minimum atomic E-state index is -0.0709. The van der Waals surface area contributed by atoms with Crippen LogP contribution in [0.15, 0.2) is 24.3 Å². The Bertz CT molecular complexity index is 247. The highest BCUT2D eigenvalue weighted by molar-refractivity contribution is 6.72. The van der Waals surface area contributed by atoms with E-state index >= 15 is 0 Å². The van der Waals surface area contributed by atoms with Crippen LogP contribution in [-0.2, 0) is 0 Å². The summed E-state index contributed by atoms with van der Waals surface area (Å²) in [6.07, 6.45) is 2.16. The first kappa shape index (κ1) is 9.30. The first-order valence-corrected chi connectivity index (χ1v) is 4.50. The number of hydrogen-bond acceptors (Lipinski definition) is 0. The van der Waals surface area contributed by atoms with Crippen molar-refractivity contribution in [2.24, 2.45) is 0 Å². The summed E-state index contributed by atoms with van der Waals surface area (Å²) in [5, 5.41) is 0. The molecule has 0 spiro atoms. The van der Waals surface area contributed by atoms with Crippen LogP contribution >= 0.6 is 0 Å². The molecule has 0 saturated carbocycles. The summed E-state index contributed by atoms with van der Waals surface area (Å²) in [4.78, 5) is 0. The molecule has 0 bridgehead atoms. The van der Waals surface area contributed by atoms with Gasteiger partial charge in [-0.15, -0.1) is 0 Å². The van der Waals surface area contributed by atoms with Crippen LogP contribution < -0.4 is 5.46 Å². The summed E-state index contributed by atoms with van der Waals surface area (Å²) in [6, 6.07) is 7.03. The van der Waals surface area contributed by atoms with Gasteiger partial charge in [0.15, 0.2) is 6.71 Å². The maximum Gasteiger partial charge on any atom is 0.176 e. The highest BCUT2D eigenvalue weighted by Gasteiger charge is 2.11. The second-order valence-corrected chi connectivity index (χ2v) is 3.21. The van der Waals surface area contributed by atoms with Crippen molar-refractivity contribution in [3.8, 4) is 0 Å². The lowest BCUT2D eigenvalue weighted by Crippen LogP contribution is -2.28. The van der Waals surface area contributed by atoms with Gasteiger partial charge in [0.1, 0.15) is 5.82 Å². The molecule has 0 nitrogen and oxygen atoms in total. The van der Waals surface area contributed by atoms with E-state index in [1.165, 1.54) is 6.07 Å². The van der Waals surface area contributed by atoms with Gasteiger partial charge in [0.2, 0.25) is 0 Å². The molecule has 12 heavy (non-hydrogen) atoms. The van der Waals surface area contributed by atoms with Gasteiger partial charge in [0, 0.05) is 0 Å². The van der Waals surface area contributed by atoms with Crippen LogP contribution in [0.25, 0.3) is 0 Å². The van der Waals surface area contributed by atoms with Gasteiger partial charge in [-0.1, -0.05) is 44.7 Å². The van der Waals surface area contributed by atoms with E-state index in [0.717, 1.165) is 18.2 Å². The first-order chi connectivity index (χ1) is 5.75. The van der Waals surface area contributed by atoms with E-state index in [2.05, 4.69) is 13.7 Å². The Hall–Kier alpha value is -0.785. The first-order valence-electron chi connectivity index (χ1n) is 4.50. The van der Waals surface area contributed by atoms with Gasteiger partial charge in [-0.3, -0.25) is 0 Å². The van der Waals surface area contributed by atoms with Crippen molar-refractivity contribution in [1.29, 1.82) is 0 Å². The van der Waals surface area contributed by atoms with Gasteiger partial charge in [0.25, 0.3) is 0 Å². The molecule has 0 heterocycles. The summed E-state index contributed by atoms with van der Waals surface area (Å²) in [6.45, 7) is 4.54. The van der Waals surface area contributed by atoms with E-state index in [9.17, 15) is 4.39 Å². The zero-order chi connectivity index (χ0) is 8.97. The van der Waals surface area contributed by atoms with Crippen LogP contribution in [0.5, 0.6) is 0 Å². The highest BCUT2D eigenvalue weighted by Crippen LogP contribution is 2.01. The molecule has 0 aliphatic carbocycles. The summed E-state index contributed by atoms with van der Waals surface area (Å²) in [5.41, 5.74) is 0.847. The van der Waals surface area contributed by atoms with E-state index in [-0.39, 0.29) is 5.82 Å². The monoisotopic (exact) mass is 164 g/mol. The van der Waals surface area contributed by atoms with E-state index < -0.39 is 0 Å². The molecular weight excluding hydrogens is 150 g/mol. The topological polar surface area (TPSA) is 0 Å². The second kappa shape index (κ2) is 4.29. The molecule has 1 rings (SSSR count). The normalized spacial score (nSPS) is 9.92. The second-order valence-electron chi connectivity index (χ2n) is 3.21. The minimum absolute atomic E-state index is 0.0709. The van der Waals surface area contributed by atoms with Crippen LogP contribution in [0.1, 0.15) is 13.3 Å². The molecular formula is C10H14BF.